The minimum atomic E-state index is -5.50. The van der Waals surface area contributed by atoms with Gasteiger partial charge in [-0.1, -0.05) is 47.3 Å². The zero-order valence-corrected chi connectivity index (χ0v) is 50.1. The minimum absolute atomic E-state index is 0. The zero-order valence-electron chi connectivity index (χ0n) is 41.0. The minimum Gasteiger partial charge on any atom is -0.871 e. The van der Waals surface area contributed by atoms with Crippen molar-refractivity contribution >= 4 is 96.1 Å². The Morgan fingerprint density at radius 3 is 0.987 bits per heavy atom. The van der Waals surface area contributed by atoms with Crippen molar-refractivity contribution < 1.29 is 224 Å². The molecule has 28 nitrogen and oxygen atoms in total. The molecule has 0 aliphatic rings. The Labute approximate surface area is 535 Å². The maximum atomic E-state index is 13.2. The normalized spacial score (nSPS) is 11.3. The molecule has 0 saturated heterocycles. The molecule has 0 saturated carbocycles. The monoisotopic (exact) mass is 1260 g/mol. The van der Waals surface area contributed by atoms with Crippen molar-refractivity contribution in [2.75, 3.05) is 64.1 Å². The van der Waals surface area contributed by atoms with E-state index in [9.17, 15) is 72.3 Å². The predicted molar refractivity (Wildman–Crippen MR) is 241 cm³/mol. The Kier molecular flexibility index (Phi) is 35.6. The van der Waals surface area contributed by atoms with Crippen molar-refractivity contribution in [3.8, 4) is 34.1 Å². The summed E-state index contributed by atoms with van der Waals surface area (Å²) in [4.78, 5) is -4.38. The van der Waals surface area contributed by atoms with Gasteiger partial charge in [-0.3, -0.25) is 0 Å². The smallest absolute Gasteiger partial charge is 0.871 e. The maximum Gasteiger partial charge on any atom is 2.00 e. The second kappa shape index (κ2) is 34.8. The summed E-state index contributed by atoms with van der Waals surface area (Å²) in [6.07, 6.45) is 0. The first-order valence-electron chi connectivity index (χ1n) is 19.7. The van der Waals surface area contributed by atoms with Crippen LogP contribution in [-0.4, -0.2) is 125 Å². The van der Waals surface area contributed by atoms with E-state index in [0.29, 0.717) is 62.6 Å². The van der Waals surface area contributed by atoms with Gasteiger partial charge in [0, 0.05) is 37.8 Å². The first-order chi connectivity index (χ1) is 33.6. The van der Waals surface area contributed by atoms with Crippen molar-refractivity contribution in [3.63, 3.8) is 0 Å². The van der Waals surface area contributed by atoms with Crippen LogP contribution in [0.5, 0.6) is 23.0 Å². The Morgan fingerprint density at radius 2 is 0.744 bits per heavy atom. The van der Waals surface area contributed by atoms with Gasteiger partial charge in [0.05, 0.1) is 42.3 Å². The molecule has 0 amide bonds. The van der Waals surface area contributed by atoms with Crippen LogP contribution in [-0.2, 0) is 74.6 Å². The third kappa shape index (κ3) is 21.7. The number of aliphatic hydroxyl groups excluding tert-OH is 4. The van der Waals surface area contributed by atoms with Crippen LogP contribution in [0.3, 0.4) is 0 Å². The van der Waals surface area contributed by atoms with Crippen LogP contribution in [0, 0.1) is 0 Å². The number of anilines is 2. The molecule has 0 aliphatic heterocycles. The molecule has 6 rings (SSSR count). The van der Waals surface area contributed by atoms with Gasteiger partial charge < -0.3 is 81.2 Å². The number of nitrogens with zero attached hydrogens (tertiary/aromatic N) is 6. The van der Waals surface area contributed by atoms with E-state index >= 15 is 0 Å². The van der Waals surface area contributed by atoms with Crippen molar-refractivity contribution in [2.24, 2.45) is 20.5 Å². The SMILES string of the molecule is Nc1cc(S(=O)(=O)[O-])cc2cc(S(=O)(=O)[O-])c(N=Nc3ccc(-c4ccc(N=Nc5c(S(=O)(=O)[O-])cc6cc(S(=O)(=O)[O-])cc(N)c6c5[O-])c([O-])c4)cc3[O-])c([O-])c12.OCC[N-]CCO.OCC[N-]CCO.[Cu+2].[Cu+2].[Li+].[Li+].[Na+].[Na+]. The summed E-state index contributed by atoms with van der Waals surface area (Å²) in [5.41, 5.74) is 7.32. The first kappa shape index (κ1) is 79.7. The third-order valence-electron chi connectivity index (χ3n) is 9.19. The molecular formula is C40H36Cu2Li2N8Na2O20S4-2. The number of aliphatic hydroxyl groups is 4. The van der Waals surface area contributed by atoms with Crippen LogP contribution in [0.2, 0.25) is 0 Å². The molecule has 0 aromatic heterocycles. The predicted octanol–water partition coefficient (Wildman–Crippen LogP) is -11.7. The molecule has 0 fully saturated rings. The summed E-state index contributed by atoms with van der Waals surface area (Å²) in [5.74, 6) is -4.43. The molecule has 6 aromatic carbocycles. The van der Waals surface area contributed by atoms with Crippen molar-refractivity contribution in [2.45, 2.75) is 19.6 Å². The van der Waals surface area contributed by atoms with Crippen LogP contribution >= 0.6 is 0 Å². The van der Waals surface area contributed by atoms with Crippen molar-refractivity contribution in [3.05, 3.63) is 83.4 Å². The van der Waals surface area contributed by atoms with Gasteiger partial charge in [-0.05, 0) is 81.2 Å². The Bertz CT molecular complexity index is 3310. The third-order valence-corrected chi connectivity index (χ3v) is 12.5. The van der Waals surface area contributed by atoms with Crippen molar-refractivity contribution in [1.82, 2.24) is 0 Å². The van der Waals surface area contributed by atoms with Gasteiger partial charge >= 0.3 is 131 Å². The summed E-state index contributed by atoms with van der Waals surface area (Å²) in [6, 6.07) is 10.1. The second-order valence-electron chi connectivity index (χ2n) is 14.1. The maximum absolute atomic E-state index is 13.2. The van der Waals surface area contributed by atoms with E-state index in [1.165, 1.54) is 12.1 Å². The molecular weight excluding hydrogens is 1230 g/mol. The molecule has 8 N–H and O–H groups in total. The first-order valence-corrected chi connectivity index (χ1v) is 25.4. The average Bonchev–Trinajstić information content (AvgIpc) is 3.28. The second-order valence-corrected chi connectivity index (χ2v) is 19.6. The van der Waals surface area contributed by atoms with Crippen molar-refractivity contribution in [1.29, 1.82) is 0 Å². The summed E-state index contributed by atoms with van der Waals surface area (Å²) in [7, 11) is -21.3. The molecule has 0 bridgehead atoms. The quantitative estimate of drug-likeness (QED) is 0.0162. The number of benzene rings is 6. The average molecular weight is 1260 g/mol. The summed E-state index contributed by atoms with van der Waals surface area (Å²) in [5, 5.41) is 104. The van der Waals surface area contributed by atoms with E-state index in [4.69, 9.17) is 31.9 Å². The molecule has 0 atom stereocenters. The number of fused-ring (bicyclic) bond motifs is 2. The van der Waals surface area contributed by atoms with E-state index in [2.05, 4.69) is 31.1 Å². The van der Waals surface area contributed by atoms with E-state index < -0.39 is 139 Å². The molecule has 408 valence electrons. The molecule has 0 spiro atoms. The largest absolute Gasteiger partial charge is 2.00 e. The zero-order chi connectivity index (χ0) is 53.9. The van der Waals surface area contributed by atoms with Crippen LogP contribution in [0.4, 0.5) is 34.1 Å². The molecule has 0 aliphatic carbocycles. The molecule has 38 heteroatoms. The molecule has 2 radical (unpaired) electrons. The number of hydrogen-bond acceptors (Lipinski definition) is 26. The number of nitrogens with two attached hydrogens (primary N) is 2. The van der Waals surface area contributed by atoms with Crippen LogP contribution in [0.1, 0.15) is 0 Å². The van der Waals surface area contributed by atoms with Crippen LogP contribution in [0.15, 0.2) is 113 Å². The number of hydrogen-bond donors (Lipinski definition) is 6. The Balaban J connectivity index is -0.00000249. The molecule has 78 heavy (non-hydrogen) atoms. The van der Waals surface area contributed by atoms with Crippen LogP contribution < -0.4 is 129 Å². The number of nitrogen functional groups attached to an aromatic ring is 2. The number of rotatable bonds is 17. The van der Waals surface area contributed by atoms with E-state index in [-0.39, 0.29) is 169 Å². The van der Waals surface area contributed by atoms with Gasteiger partial charge in [-0.2, -0.15) is 10.2 Å². The van der Waals surface area contributed by atoms with Gasteiger partial charge in [-0.25, -0.2) is 33.7 Å². The Hall–Kier alpha value is -2.53. The standard InChI is InChI=1S/C32H24N6O16S4.2C4H10NO2.2Cu.2Li.2Na/c33-19-11-17(55(43,44)45)5-15-9-25(57(49,50)51)29(31(41)27(15)19)37-35-21-3-1-13(7-23(21)39)14-2-4-22(24(40)8-14)36-38-30-26(58(52,53)54)10-16-6-18(56(46,47)48)12-20(34)28(16)32(30)42;2*6-3-1-5-2-4-7;;;;;;/h1-12,39-42H,33-34H2,(H,43,44,45)(H,46,47,48)(H,49,50,51)(H,52,53,54);2*6-7H,1-4H2;;;;;;/q;2*-1;2*+2;4*+1/p-8. The van der Waals surface area contributed by atoms with Gasteiger partial charge in [-0.15, -0.1) is 36.4 Å². The summed E-state index contributed by atoms with van der Waals surface area (Å²) in [6.45, 7) is 2.11. The number of azo groups is 2. The van der Waals surface area contributed by atoms with Gasteiger partial charge in [0.1, 0.15) is 40.5 Å². The fourth-order valence-electron chi connectivity index (χ4n) is 6.08. The fraction of sp³-hybridized carbons (Fsp3) is 0.200. The van der Waals surface area contributed by atoms with Gasteiger partial charge in [0.2, 0.25) is 0 Å². The van der Waals surface area contributed by atoms with E-state index in [0.717, 1.165) is 24.3 Å². The summed E-state index contributed by atoms with van der Waals surface area (Å²) < 4.78 is 141. The Morgan fingerprint density at radius 1 is 0.449 bits per heavy atom. The topological polar surface area (TPSA) is 532 Å². The molecule has 0 heterocycles. The fourth-order valence-corrected chi connectivity index (χ4v) is 8.44. The van der Waals surface area contributed by atoms with Gasteiger partial charge in [0.25, 0.3) is 0 Å². The van der Waals surface area contributed by atoms with E-state index in [1.54, 1.807) is 0 Å². The summed E-state index contributed by atoms with van der Waals surface area (Å²) >= 11 is 0. The van der Waals surface area contributed by atoms with E-state index in [1.807, 2.05) is 0 Å². The van der Waals surface area contributed by atoms with Crippen LogP contribution in [0.25, 0.3) is 43.3 Å². The molecule has 6 aromatic rings. The van der Waals surface area contributed by atoms with Gasteiger partial charge in [0.15, 0.2) is 0 Å². The molecule has 0 unspecified atom stereocenters.